The molecular weight excluding hydrogens is 1590 g/mol. The Morgan fingerprint density at radius 3 is 1.21 bits per heavy atom. The zero-order valence-corrected chi connectivity index (χ0v) is 73.9. The predicted octanol–water partition coefficient (Wildman–Crippen LogP) is 31.4. The van der Waals surface area contributed by atoms with Gasteiger partial charge in [0.1, 0.15) is 46.5 Å². The van der Waals surface area contributed by atoms with Crippen LogP contribution in [0.5, 0.6) is 0 Å². The molecule has 14 rings (SSSR count). The molecule has 2 aliphatic carbocycles. The summed E-state index contributed by atoms with van der Waals surface area (Å²) < 4.78 is 83.3. The number of carbonyl (C=O) groups is 2. The minimum absolute atomic E-state index is 0.000549. The van der Waals surface area contributed by atoms with Crippen molar-refractivity contribution in [3.8, 4) is 46.5 Å². The van der Waals surface area contributed by atoms with Crippen molar-refractivity contribution in [2.45, 2.75) is 254 Å². The van der Waals surface area contributed by atoms with Crippen molar-refractivity contribution in [3.05, 3.63) is 186 Å². The highest BCUT2D eigenvalue weighted by atomic mass is 32.1. The number of benzene rings is 5. The number of halogens is 4. The predicted molar refractivity (Wildman–Crippen MR) is 495 cm³/mol. The summed E-state index contributed by atoms with van der Waals surface area (Å²) in [5, 5.41) is 43.4. The Morgan fingerprint density at radius 2 is 0.792 bits per heavy atom. The maximum Gasteiger partial charge on any atom is 0.194 e. The summed E-state index contributed by atoms with van der Waals surface area (Å²) in [6.07, 6.45) is 46.1. The molecule has 0 fully saturated rings. The lowest BCUT2D eigenvalue weighted by Crippen LogP contribution is -2.12. The van der Waals surface area contributed by atoms with Gasteiger partial charge in [-0.3, -0.25) is 9.59 Å². The van der Waals surface area contributed by atoms with Gasteiger partial charge in [0, 0.05) is 78.2 Å². The molecule has 12 aromatic rings. The normalized spacial score (nSPS) is 14.2. The molecule has 0 bridgehead atoms. The van der Waals surface area contributed by atoms with Crippen molar-refractivity contribution in [1.29, 1.82) is 21.0 Å². The Balaban J connectivity index is 1.04. The van der Waals surface area contributed by atoms with E-state index in [0.29, 0.717) is 11.8 Å². The van der Waals surface area contributed by atoms with E-state index in [-0.39, 0.29) is 55.7 Å². The maximum absolute atomic E-state index is 15.1. The van der Waals surface area contributed by atoms with Crippen LogP contribution >= 0.6 is 57.1 Å². The molecule has 618 valence electrons. The van der Waals surface area contributed by atoms with Gasteiger partial charge in [-0.15, -0.1) is 45.3 Å². The molecule has 0 saturated carbocycles. The molecule has 10 nitrogen and oxygen atoms in total. The lowest BCUT2D eigenvalue weighted by atomic mass is 9.94. The molecule has 0 spiro atoms. The molecule has 7 aromatic heterocycles. The van der Waals surface area contributed by atoms with E-state index >= 15 is 17.6 Å². The second-order valence-corrected chi connectivity index (χ2v) is 37.4. The monoisotopic (exact) mass is 1700 g/mol. The molecule has 0 saturated heterocycles. The topological polar surface area (TPSA) is 165 Å². The molecule has 0 N–H and O–H groups in total. The summed E-state index contributed by atoms with van der Waals surface area (Å²) in [6, 6.07) is 29.2. The Bertz CT molecular complexity index is 6200. The van der Waals surface area contributed by atoms with Crippen LogP contribution in [0.1, 0.15) is 280 Å². The van der Waals surface area contributed by atoms with Crippen LogP contribution in [0.25, 0.3) is 118 Å². The van der Waals surface area contributed by atoms with Crippen molar-refractivity contribution in [2.75, 3.05) is 0 Å². The summed E-state index contributed by atoms with van der Waals surface area (Å²) >= 11 is 8.24. The third kappa shape index (κ3) is 17.7. The quantitative estimate of drug-likeness (QED) is 0.0158. The van der Waals surface area contributed by atoms with Crippen LogP contribution < -0.4 is 0 Å². The number of ketones is 2. The maximum atomic E-state index is 15.1. The van der Waals surface area contributed by atoms with E-state index in [1.54, 1.807) is 69.7 Å². The lowest BCUT2D eigenvalue weighted by Gasteiger charge is -2.21. The molecular formula is C101H104F4N8O2S5. The molecule has 5 aromatic carbocycles. The highest BCUT2D eigenvalue weighted by Crippen LogP contribution is 2.58. The van der Waals surface area contributed by atoms with Crippen molar-refractivity contribution in [3.63, 3.8) is 0 Å². The van der Waals surface area contributed by atoms with Crippen molar-refractivity contribution in [1.82, 2.24) is 17.9 Å². The van der Waals surface area contributed by atoms with Crippen LogP contribution in [0, 0.1) is 80.4 Å². The summed E-state index contributed by atoms with van der Waals surface area (Å²) in [7, 11) is 0. The minimum Gasteiger partial charge on any atom is -0.337 e. The number of Topliss-reactive ketones (excluding diaryl/α,β-unsaturated/α-hetero) is 2. The molecule has 0 radical (unpaired) electrons. The number of thiophene rings is 4. The lowest BCUT2D eigenvalue weighted by molar-refractivity contribution is 0.103. The van der Waals surface area contributed by atoms with Crippen molar-refractivity contribution < 1.29 is 27.2 Å². The van der Waals surface area contributed by atoms with E-state index in [2.05, 4.69) is 99.2 Å². The third-order valence-corrected chi connectivity index (χ3v) is 30.2. The van der Waals surface area contributed by atoms with Crippen LogP contribution in [-0.4, -0.2) is 29.4 Å². The fraction of sp³-hybridized carbons (Fsp3) is 0.406. The molecule has 0 amide bonds. The zero-order chi connectivity index (χ0) is 84.1. The van der Waals surface area contributed by atoms with E-state index < -0.39 is 34.8 Å². The first kappa shape index (κ1) is 86.7. The van der Waals surface area contributed by atoms with Crippen LogP contribution in [0.3, 0.4) is 0 Å². The van der Waals surface area contributed by atoms with Crippen molar-refractivity contribution >= 4 is 164 Å². The Labute approximate surface area is 722 Å². The number of fused-ring (bicyclic) bond motifs is 16. The van der Waals surface area contributed by atoms with Crippen LogP contribution in [0.15, 0.2) is 119 Å². The second-order valence-electron chi connectivity index (χ2n) is 32.7. The standard InChI is InChI=1S/C101H104F4N8O2S5/c1-7-13-18-22-25-29-35-63-43-47-66(48-44-63)84-80(41-32-39-70-82(68(57-106)58-107)72-53-76(102)78(104)55-74(72)94(70)114)116-100-92-96(118-98(84)100)86-88-89(111-120-110-88)87-91(90(86)112(92)52-51-62(12-6)34-17-11-5)113(61-65(37-28-21-16-10-4)38-31-27-24-20-15-9-3)93-97(87)119-99-85(67-49-45-64(46-50-67)36-30-26-23-19-14-8-2)81(117-101(93)99)42-33-40-71-83(69(59-108)60-109)73-54-77(103)79(105)56-75(73)95(71)115/h32-33,39-50,53-56,62,65H,7-31,34-38,51-52,61H2,1-6H3/b41-32+,42-33+,70-39-,71-40-. The van der Waals surface area contributed by atoms with E-state index in [9.17, 15) is 30.6 Å². The van der Waals surface area contributed by atoms with Crippen LogP contribution in [-0.2, 0) is 25.9 Å². The number of carbonyl (C=O) groups excluding carboxylic acids is 2. The SMILES string of the molecule is CCCCCCCCc1ccc(-c2c(/C=C/C=C3\C(=O)c4cc(F)c(F)cc4C3=C(C#N)C#N)sc3c2sc2c4c5nsnc5c5c6sc7c(-c8ccc(CCCCCCCC)cc8)c(/C=C/C=C8\C(=O)c9cc(F)c(F)cc9C8=C(C#N)C#N)sc7c6n(CC(CCCCCC)CCCCCCCC)c5c4n(CCC(CC)CCCC)c32)cc1. The molecule has 2 aliphatic rings. The van der Waals surface area contributed by atoms with Crippen molar-refractivity contribution in [2.24, 2.45) is 11.8 Å². The first-order valence-electron chi connectivity index (χ1n) is 43.9. The average Bonchev–Trinajstić information content (AvgIpc) is 1.50. The minimum atomic E-state index is -1.20. The highest BCUT2D eigenvalue weighted by Gasteiger charge is 2.38. The van der Waals surface area contributed by atoms with Gasteiger partial charge in [0.2, 0.25) is 0 Å². The Morgan fingerprint density at radius 1 is 0.417 bits per heavy atom. The third-order valence-electron chi connectivity index (χ3n) is 24.7. The molecule has 2 atom stereocenters. The Hall–Kier alpha value is -9.70. The Kier molecular flexibility index (Phi) is 29.1. The highest BCUT2D eigenvalue weighted by molar-refractivity contribution is 7.35. The summed E-state index contributed by atoms with van der Waals surface area (Å²) in [5.74, 6) is -5.23. The van der Waals surface area contributed by atoms with Crippen LogP contribution in [0.2, 0.25) is 0 Å². The zero-order valence-electron chi connectivity index (χ0n) is 69.8. The van der Waals surface area contributed by atoms with E-state index in [4.69, 9.17) is 8.75 Å². The van der Waals surface area contributed by atoms with Gasteiger partial charge in [-0.25, -0.2) is 17.6 Å². The van der Waals surface area contributed by atoms with Gasteiger partial charge in [0.25, 0.3) is 0 Å². The van der Waals surface area contributed by atoms with Crippen LogP contribution in [0.4, 0.5) is 17.6 Å². The fourth-order valence-corrected chi connectivity index (χ4v) is 24.6. The van der Waals surface area contributed by atoms with Gasteiger partial charge in [0.05, 0.1) is 62.0 Å². The number of rotatable bonds is 41. The second kappa shape index (κ2) is 40.3. The number of aryl methyl sites for hydroxylation is 3. The summed E-state index contributed by atoms with van der Waals surface area (Å²) in [4.78, 5) is 30.7. The van der Waals surface area contributed by atoms with E-state index in [1.807, 2.05) is 36.4 Å². The van der Waals surface area contributed by atoms with E-state index in [0.717, 1.165) is 238 Å². The average molecular weight is 1700 g/mol. The van der Waals surface area contributed by atoms with Gasteiger partial charge >= 0.3 is 0 Å². The summed E-state index contributed by atoms with van der Waals surface area (Å²) in [6.45, 7) is 15.1. The van der Waals surface area contributed by atoms with Gasteiger partial charge in [-0.05, 0) is 127 Å². The van der Waals surface area contributed by atoms with Gasteiger partial charge in [0.15, 0.2) is 34.8 Å². The smallest absolute Gasteiger partial charge is 0.194 e. The molecule has 7 heterocycles. The summed E-state index contributed by atoms with van der Waals surface area (Å²) in [5.41, 5.74) is 11.9. The van der Waals surface area contributed by atoms with Gasteiger partial charge < -0.3 is 9.13 Å². The number of unbranched alkanes of at least 4 members (excludes halogenated alkanes) is 19. The largest absolute Gasteiger partial charge is 0.337 e. The number of hydrogen-bond donors (Lipinski definition) is 0. The number of aromatic nitrogens is 4. The number of nitriles is 4. The molecule has 2 unspecified atom stereocenters. The first-order valence-corrected chi connectivity index (χ1v) is 47.9. The molecule has 0 aliphatic heterocycles. The number of allylic oxidation sites excluding steroid dienone is 10. The fourth-order valence-electron chi connectivity index (χ4n) is 18.2. The number of hydrogen-bond acceptors (Lipinski definition) is 13. The van der Waals surface area contributed by atoms with Gasteiger partial charge in [-0.2, -0.15) is 29.8 Å². The van der Waals surface area contributed by atoms with Gasteiger partial charge in [-0.1, -0.05) is 268 Å². The first-order chi connectivity index (χ1) is 58.7. The molecule has 120 heavy (non-hydrogen) atoms. The number of nitrogens with zero attached hydrogens (tertiary/aromatic N) is 8. The molecule has 19 heteroatoms. The van der Waals surface area contributed by atoms with E-state index in [1.165, 1.54) is 126 Å².